The van der Waals surface area contributed by atoms with Gasteiger partial charge in [0, 0.05) is 6.92 Å². The Labute approximate surface area is 96.6 Å². The van der Waals surface area contributed by atoms with Crippen LogP contribution in [0.4, 0.5) is 0 Å². The number of carbonyl (C=O) groups excluding carboxylic acids is 1. The SMILES string of the molecule is CC(=O)OCCn1c(=N)sc2ccccc21. The molecule has 0 atom stereocenters. The van der Waals surface area contributed by atoms with E-state index in [4.69, 9.17) is 10.1 Å². The highest BCUT2D eigenvalue weighted by Crippen LogP contribution is 2.15. The van der Waals surface area contributed by atoms with Crippen molar-refractivity contribution in [1.29, 1.82) is 5.41 Å². The van der Waals surface area contributed by atoms with Gasteiger partial charge >= 0.3 is 5.97 Å². The van der Waals surface area contributed by atoms with Crippen molar-refractivity contribution in [2.24, 2.45) is 0 Å². The van der Waals surface area contributed by atoms with Crippen molar-refractivity contribution in [2.45, 2.75) is 13.5 Å². The van der Waals surface area contributed by atoms with E-state index in [-0.39, 0.29) is 5.97 Å². The van der Waals surface area contributed by atoms with Gasteiger partial charge in [-0.1, -0.05) is 23.5 Å². The van der Waals surface area contributed by atoms with Gasteiger partial charge < -0.3 is 9.30 Å². The number of hydrogen-bond acceptors (Lipinski definition) is 4. The summed E-state index contributed by atoms with van der Waals surface area (Å²) in [5.74, 6) is -0.285. The topological polar surface area (TPSA) is 55.1 Å². The number of carbonyl (C=O) groups is 1. The molecule has 0 unspecified atom stereocenters. The Bertz CT molecular complexity index is 571. The lowest BCUT2D eigenvalue weighted by Crippen LogP contribution is -2.17. The Balaban J connectivity index is 2.26. The maximum atomic E-state index is 10.6. The molecule has 0 radical (unpaired) electrons. The standard InChI is InChI=1S/C11H12N2O2S/c1-8(14)15-7-6-13-9-4-2-3-5-10(9)16-11(13)12/h2-5,12H,6-7H2,1H3. The molecule has 0 saturated carbocycles. The second kappa shape index (κ2) is 4.49. The minimum Gasteiger partial charge on any atom is -0.464 e. The first-order valence-corrected chi connectivity index (χ1v) is 5.76. The van der Waals surface area contributed by atoms with E-state index in [9.17, 15) is 4.79 Å². The van der Waals surface area contributed by atoms with Crippen molar-refractivity contribution >= 4 is 27.5 Å². The monoisotopic (exact) mass is 236 g/mol. The molecule has 0 aliphatic rings. The van der Waals surface area contributed by atoms with Gasteiger partial charge in [-0.3, -0.25) is 10.2 Å². The van der Waals surface area contributed by atoms with Crippen LogP contribution in [0.1, 0.15) is 6.92 Å². The van der Waals surface area contributed by atoms with Crippen LogP contribution in [0.5, 0.6) is 0 Å². The summed E-state index contributed by atoms with van der Waals surface area (Å²) in [4.78, 5) is 11.1. The van der Waals surface area contributed by atoms with Gasteiger partial charge in [0.1, 0.15) is 6.61 Å². The van der Waals surface area contributed by atoms with Gasteiger partial charge in [-0.05, 0) is 12.1 Å². The molecular formula is C11H12N2O2S. The Morgan fingerprint density at radius 2 is 2.25 bits per heavy atom. The number of hydrogen-bond donors (Lipinski definition) is 1. The van der Waals surface area contributed by atoms with Gasteiger partial charge in [0.15, 0.2) is 4.80 Å². The summed E-state index contributed by atoms with van der Waals surface area (Å²) in [5.41, 5.74) is 1.02. The van der Waals surface area contributed by atoms with Crippen molar-refractivity contribution in [3.8, 4) is 0 Å². The number of esters is 1. The molecule has 1 heterocycles. The lowest BCUT2D eigenvalue weighted by atomic mass is 10.3. The van der Waals surface area contributed by atoms with E-state index in [0.29, 0.717) is 18.0 Å². The Kier molecular flexibility index (Phi) is 3.05. The zero-order valence-corrected chi connectivity index (χ0v) is 9.71. The molecule has 5 heteroatoms. The van der Waals surface area contributed by atoms with Gasteiger partial charge in [0.2, 0.25) is 0 Å². The maximum absolute atomic E-state index is 10.6. The molecule has 0 saturated heterocycles. The molecule has 0 aliphatic carbocycles. The highest BCUT2D eigenvalue weighted by atomic mass is 32.1. The first-order valence-electron chi connectivity index (χ1n) is 4.95. The summed E-state index contributed by atoms with van der Waals surface area (Å²) in [6.07, 6.45) is 0. The third-order valence-corrected chi connectivity index (χ3v) is 3.21. The van der Waals surface area contributed by atoms with E-state index in [1.54, 1.807) is 0 Å². The summed E-state index contributed by atoms with van der Waals surface area (Å²) in [7, 11) is 0. The second-order valence-electron chi connectivity index (χ2n) is 3.37. The second-order valence-corrected chi connectivity index (χ2v) is 4.40. The number of thiazole rings is 1. The lowest BCUT2D eigenvalue weighted by molar-refractivity contribution is -0.141. The Morgan fingerprint density at radius 1 is 1.50 bits per heavy atom. The Hall–Kier alpha value is -1.62. The average Bonchev–Trinajstić information content (AvgIpc) is 2.55. The van der Waals surface area contributed by atoms with Gasteiger partial charge in [0.25, 0.3) is 0 Å². The fraction of sp³-hybridized carbons (Fsp3) is 0.273. The van der Waals surface area contributed by atoms with E-state index in [1.807, 2.05) is 28.8 Å². The molecule has 1 aromatic heterocycles. The van der Waals surface area contributed by atoms with Gasteiger partial charge in [-0.2, -0.15) is 0 Å². The highest BCUT2D eigenvalue weighted by Gasteiger charge is 2.04. The molecule has 1 aromatic carbocycles. The number of para-hydroxylation sites is 1. The molecule has 0 fully saturated rings. The maximum Gasteiger partial charge on any atom is 0.302 e. The van der Waals surface area contributed by atoms with E-state index >= 15 is 0 Å². The summed E-state index contributed by atoms with van der Waals surface area (Å²) < 4.78 is 7.81. The number of ether oxygens (including phenoxy) is 1. The predicted molar refractivity (Wildman–Crippen MR) is 62.3 cm³/mol. The van der Waals surface area contributed by atoms with Crippen molar-refractivity contribution in [2.75, 3.05) is 6.61 Å². The van der Waals surface area contributed by atoms with E-state index in [2.05, 4.69) is 0 Å². The van der Waals surface area contributed by atoms with Crippen LogP contribution in [0.2, 0.25) is 0 Å². The minimum absolute atomic E-state index is 0.285. The first kappa shape index (κ1) is 10.9. The number of rotatable bonds is 3. The molecule has 2 rings (SSSR count). The molecule has 84 valence electrons. The van der Waals surface area contributed by atoms with E-state index < -0.39 is 0 Å². The zero-order chi connectivity index (χ0) is 11.5. The average molecular weight is 236 g/mol. The van der Waals surface area contributed by atoms with Crippen molar-refractivity contribution < 1.29 is 9.53 Å². The number of nitrogens with one attached hydrogen (secondary N) is 1. The smallest absolute Gasteiger partial charge is 0.302 e. The van der Waals surface area contributed by atoms with Gasteiger partial charge in [0.05, 0.1) is 16.8 Å². The summed E-state index contributed by atoms with van der Waals surface area (Å²) >= 11 is 1.43. The van der Waals surface area contributed by atoms with E-state index in [1.165, 1.54) is 18.3 Å². The van der Waals surface area contributed by atoms with Crippen LogP contribution in [0, 0.1) is 5.41 Å². The van der Waals surface area contributed by atoms with Crippen LogP contribution in [-0.4, -0.2) is 17.1 Å². The third-order valence-electron chi connectivity index (χ3n) is 2.23. The van der Waals surface area contributed by atoms with E-state index in [0.717, 1.165) is 10.2 Å². The van der Waals surface area contributed by atoms with Crippen molar-refractivity contribution in [3.63, 3.8) is 0 Å². The fourth-order valence-electron chi connectivity index (χ4n) is 1.54. The summed E-state index contributed by atoms with van der Waals surface area (Å²) in [6, 6.07) is 7.85. The molecule has 0 aliphatic heterocycles. The molecule has 16 heavy (non-hydrogen) atoms. The molecule has 2 aromatic rings. The lowest BCUT2D eigenvalue weighted by Gasteiger charge is -2.04. The summed E-state index contributed by atoms with van der Waals surface area (Å²) in [6.45, 7) is 2.23. The molecule has 1 N–H and O–H groups in total. The summed E-state index contributed by atoms with van der Waals surface area (Å²) in [5, 5.41) is 7.83. The van der Waals surface area contributed by atoms with Crippen LogP contribution in [0.3, 0.4) is 0 Å². The minimum atomic E-state index is -0.285. The zero-order valence-electron chi connectivity index (χ0n) is 8.90. The van der Waals surface area contributed by atoms with Gasteiger partial charge in [-0.15, -0.1) is 0 Å². The quantitative estimate of drug-likeness (QED) is 0.825. The number of benzene rings is 1. The van der Waals surface area contributed by atoms with Crippen LogP contribution in [-0.2, 0) is 16.1 Å². The number of nitrogens with zero attached hydrogens (tertiary/aromatic N) is 1. The van der Waals surface area contributed by atoms with Gasteiger partial charge in [-0.25, -0.2) is 0 Å². The first-order chi connectivity index (χ1) is 7.68. The van der Waals surface area contributed by atoms with Crippen LogP contribution >= 0.6 is 11.3 Å². The Morgan fingerprint density at radius 3 is 3.00 bits per heavy atom. The number of fused-ring (bicyclic) bond motifs is 1. The number of aromatic nitrogens is 1. The van der Waals surface area contributed by atoms with Crippen LogP contribution in [0.15, 0.2) is 24.3 Å². The molecule has 4 nitrogen and oxygen atoms in total. The van der Waals surface area contributed by atoms with Crippen LogP contribution < -0.4 is 4.80 Å². The molecule has 0 spiro atoms. The molecule has 0 bridgehead atoms. The van der Waals surface area contributed by atoms with Crippen molar-refractivity contribution in [1.82, 2.24) is 4.57 Å². The normalized spacial score (nSPS) is 10.6. The van der Waals surface area contributed by atoms with Crippen LogP contribution in [0.25, 0.3) is 10.2 Å². The fourth-order valence-corrected chi connectivity index (χ4v) is 2.48. The van der Waals surface area contributed by atoms with Crippen molar-refractivity contribution in [3.05, 3.63) is 29.1 Å². The largest absolute Gasteiger partial charge is 0.464 e. The predicted octanol–water partition coefficient (Wildman–Crippen LogP) is 1.75. The highest BCUT2D eigenvalue weighted by molar-refractivity contribution is 7.16. The molecular weight excluding hydrogens is 224 g/mol. The molecule has 0 amide bonds. The third kappa shape index (κ3) is 2.14.